The fourth-order valence-corrected chi connectivity index (χ4v) is 2.92. The van der Waals surface area contributed by atoms with Crippen LogP contribution in [-0.2, 0) is 14.9 Å². The van der Waals surface area contributed by atoms with Crippen LogP contribution in [0.3, 0.4) is 0 Å². The van der Waals surface area contributed by atoms with E-state index in [0.29, 0.717) is 0 Å². The summed E-state index contributed by atoms with van der Waals surface area (Å²) in [6.07, 6.45) is -3.27. The molecule has 1 saturated heterocycles. The summed E-state index contributed by atoms with van der Waals surface area (Å²) in [6, 6.07) is 7.36. The van der Waals surface area contributed by atoms with E-state index in [1.165, 1.54) is 24.4 Å². The van der Waals surface area contributed by atoms with E-state index in [4.69, 9.17) is 20.1 Å². The van der Waals surface area contributed by atoms with Gasteiger partial charge in [-0.2, -0.15) is 13.4 Å². The number of benzene rings is 1. The van der Waals surface area contributed by atoms with Gasteiger partial charge in [0, 0.05) is 6.20 Å². The second kappa shape index (κ2) is 8.77. The number of hydrogen-bond donors (Lipinski definition) is 5. The van der Waals surface area contributed by atoms with Crippen molar-refractivity contribution in [3.05, 3.63) is 52.6 Å². The van der Waals surface area contributed by atoms with Crippen LogP contribution in [0.1, 0.15) is 11.8 Å². The van der Waals surface area contributed by atoms with Crippen molar-refractivity contribution in [3.63, 3.8) is 0 Å². The third-order valence-corrected chi connectivity index (χ3v) is 4.83. The van der Waals surface area contributed by atoms with Gasteiger partial charge in [-0.15, -0.1) is 0 Å². The highest BCUT2D eigenvalue weighted by atomic mass is 32.2. The first-order valence-corrected chi connectivity index (χ1v) is 9.50. The van der Waals surface area contributed by atoms with Gasteiger partial charge in [-0.05, 0) is 25.1 Å². The highest BCUT2D eigenvalue weighted by Crippen LogP contribution is 2.27. The first-order chi connectivity index (χ1) is 13.0. The van der Waals surface area contributed by atoms with Crippen LogP contribution in [0.2, 0.25) is 0 Å². The monoisotopic (exact) mass is 415 g/mol. The van der Waals surface area contributed by atoms with Gasteiger partial charge < -0.3 is 25.8 Å². The lowest BCUT2D eigenvalue weighted by molar-refractivity contribution is -0.0549. The molecule has 154 valence electrons. The van der Waals surface area contributed by atoms with E-state index >= 15 is 0 Å². The lowest BCUT2D eigenvalue weighted by Gasteiger charge is -2.16. The number of aromatic nitrogens is 2. The molecule has 0 amide bonds. The molecule has 1 fully saturated rings. The maximum atomic E-state index is 11.5. The van der Waals surface area contributed by atoms with Crippen LogP contribution < -0.4 is 11.4 Å². The highest BCUT2D eigenvalue weighted by molar-refractivity contribution is 7.85. The maximum absolute atomic E-state index is 11.5. The fraction of sp³-hybridized carbons (Fsp3) is 0.375. The number of rotatable bonds is 3. The summed E-state index contributed by atoms with van der Waals surface area (Å²) in [6.45, 7) is 1.39. The van der Waals surface area contributed by atoms with Crippen molar-refractivity contribution in [2.24, 2.45) is 0 Å². The topological polar surface area (TPSA) is 185 Å². The molecule has 6 N–H and O–H groups in total. The second-order valence-corrected chi connectivity index (χ2v) is 7.48. The molecule has 11 nitrogen and oxygen atoms in total. The Hall–Kier alpha value is -2.35. The zero-order chi connectivity index (χ0) is 21.1. The van der Waals surface area contributed by atoms with Crippen LogP contribution in [0.25, 0.3) is 0 Å². The molecular formula is C16H21N3O8S. The fourth-order valence-electron chi connectivity index (χ4n) is 2.44. The standard InChI is InChI=1S/C9H13N3O5.C7H8O3S/c10-5-1-2-12(9(16)11-5)8-7(15)6(14)4(3-13)17-8;1-6-2-4-7(5-3-6)11(8,9)10/h1-2,4,6-8,13-15H,3H2,(H2,10,11,16);2-5H,1H3,(H,8,9,10)/t4-,6-,7-,8-;/m1./s1. The molecule has 1 aliphatic rings. The van der Waals surface area contributed by atoms with Crippen molar-refractivity contribution in [3.8, 4) is 0 Å². The summed E-state index contributed by atoms with van der Waals surface area (Å²) in [4.78, 5) is 14.9. The molecule has 0 bridgehead atoms. The SMILES string of the molecule is Cc1ccc(S(=O)(=O)O)cc1.Nc1ccn([C@@H]2O[C@H](CO)[C@@H](O)[C@H]2O)c(=O)n1. The lowest BCUT2D eigenvalue weighted by atomic mass is 10.1. The molecule has 2 heterocycles. The number of aliphatic hydroxyl groups excluding tert-OH is 3. The molecule has 0 spiro atoms. The molecule has 3 rings (SSSR count). The van der Waals surface area contributed by atoms with Crippen molar-refractivity contribution in [1.82, 2.24) is 9.55 Å². The number of ether oxygens (including phenoxy) is 1. The molecule has 2 aromatic rings. The Bertz CT molecular complexity index is 961. The van der Waals surface area contributed by atoms with E-state index in [-0.39, 0.29) is 10.7 Å². The van der Waals surface area contributed by atoms with Crippen molar-refractivity contribution in [2.45, 2.75) is 36.4 Å². The van der Waals surface area contributed by atoms with Crippen LogP contribution in [0.15, 0.2) is 46.2 Å². The van der Waals surface area contributed by atoms with Crippen molar-refractivity contribution >= 4 is 15.9 Å². The van der Waals surface area contributed by atoms with Gasteiger partial charge in [0.15, 0.2) is 6.23 Å². The summed E-state index contributed by atoms with van der Waals surface area (Å²) in [5.74, 6) is 0.0537. The molecule has 1 aromatic carbocycles. The van der Waals surface area contributed by atoms with Gasteiger partial charge in [-0.25, -0.2) is 4.79 Å². The molecule has 0 aliphatic carbocycles. The largest absolute Gasteiger partial charge is 0.394 e. The zero-order valence-electron chi connectivity index (χ0n) is 14.8. The minimum Gasteiger partial charge on any atom is -0.394 e. The van der Waals surface area contributed by atoms with E-state index in [1.54, 1.807) is 12.1 Å². The van der Waals surface area contributed by atoms with E-state index in [2.05, 4.69) is 4.98 Å². The molecule has 12 heteroatoms. The first kappa shape index (κ1) is 21.9. The summed E-state index contributed by atoms with van der Waals surface area (Å²) < 4.78 is 35.7. The average molecular weight is 415 g/mol. The highest BCUT2D eigenvalue weighted by Gasteiger charge is 2.43. The summed E-state index contributed by atoms with van der Waals surface area (Å²) >= 11 is 0. The van der Waals surface area contributed by atoms with Crippen LogP contribution in [0, 0.1) is 6.92 Å². The molecule has 28 heavy (non-hydrogen) atoms. The number of aliphatic hydroxyl groups is 3. The number of aryl methyl sites for hydroxylation is 1. The Morgan fingerprint density at radius 3 is 2.25 bits per heavy atom. The summed E-state index contributed by atoms with van der Waals surface area (Å²) in [5.41, 5.74) is 5.59. The third-order valence-electron chi connectivity index (χ3n) is 3.96. The van der Waals surface area contributed by atoms with Gasteiger partial charge in [0.25, 0.3) is 10.1 Å². The van der Waals surface area contributed by atoms with Gasteiger partial charge in [0.2, 0.25) is 0 Å². The van der Waals surface area contributed by atoms with Crippen LogP contribution in [0.4, 0.5) is 5.82 Å². The van der Waals surface area contributed by atoms with Crippen molar-refractivity contribution in [2.75, 3.05) is 12.3 Å². The molecule has 1 aliphatic heterocycles. The normalized spacial score (nSPS) is 24.5. The van der Waals surface area contributed by atoms with E-state index in [1.807, 2.05) is 6.92 Å². The Morgan fingerprint density at radius 1 is 1.18 bits per heavy atom. The van der Waals surface area contributed by atoms with Crippen LogP contribution in [-0.4, -0.2) is 62.8 Å². The molecule has 1 aromatic heterocycles. The second-order valence-electron chi connectivity index (χ2n) is 6.06. The smallest absolute Gasteiger partial charge is 0.351 e. The third kappa shape index (κ3) is 5.13. The lowest BCUT2D eigenvalue weighted by Crippen LogP contribution is -2.36. The minimum absolute atomic E-state index is 0.0537. The number of nitrogens with zero attached hydrogens (tertiary/aromatic N) is 2. The maximum Gasteiger partial charge on any atom is 0.351 e. The summed E-state index contributed by atoms with van der Waals surface area (Å²) in [7, 11) is -4.02. The molecular weight excluding hydrogens is 394 g/mol. The van der Waals surface area contributed by atoms with Crippen molar-refractivity contribution in [1.29, 1.82) is 0 Å². The number of nitrogen functional groups attached to an aromatic ring is 1. The zero-order valence-corrected chi connectivity index (χ0v) is 15.6. The Labute approximate surface area is 160 Å². The quantitative estimate of drug-likeness (QED) is 0.376. The van der Waals surface area contributed by atoms with E-state index < -0.39 is 47.0 Å². The van der Waals surface area contributed by atoms with Gasteiger partial charge in [-0.1, -0.05) is 17.7 Å². The molecule has 0 saturated carbocycles. The number of anilines is 1. The Kier molecular flexibility index (Phi) is 6.87. The van der Waals surface area contributed by atoms with E-state index in [0.717, 1.165) is 10.1 Å². The van der Waals surface area contributed by atoms with Crippen LogP contribution >= 0.6 is 0 Å². The summed E-state index contributed by atoms with van der Waals surface area (Å²) in [5, 5.41) is 28.2. The molecule has 0 radical (unpaired) electrons. The van der Waals surface area contributed by atoms with E-state index in [9.17, 15) is 23.4 Å². The van der Waals surface area contributed by atoms with Crippen molar-refractivity contribution < 1.29 is 33.0 Å². The van der Waals surface area contributed by atoms with Crippen LogP contribution in [0.5, 0.6) is 0 Å². The Morgan fingerprint density at radius 2 is 1.79 bits per heavy atom. The average Bonchev–Trinajstić information content (AvgIpc) is 2.90. The van der Waals surface area contributed by atoms with Gasteiger partial charge >= 0.3 is 5.69 Å². The number of nitrogens with two attached hydrogens (primary N) is 1. The minimum atomic E-state index is -4.02. The molecule has 4 atom stereocenters. The van der Waals surface area contributed by atoms with Gasteiger partial charge in [0.05, 0.1) is 11.5 Å². The predicted octanol–water partition coefficient (Wildman–Crippen LogP) is -1.32. The van der Waals surface area contributed by atoms with Gasteiger partial charge in [-0.3, -0.25) is 9.12 Å². The molecule has 0 unspecified atom stereocenters. The number of hydrogen-bond acceptors (Lipinski definition) is 9. The first-order valence-electron chi connectivity index (χ1n) is 8.06. The Balaban J connectivity index is 0.000000221. The van der Waals surface area contributed by atoms with Gasteiger partial charge in [0.1, 0.15) is 24.1 Å². The predicted molar refractivity (Wildman–Crippen MR) is 96.9 cm³/mol.